The van der Waals surface area contributed by atoms with Gasteiger partial charge in [-0.3, -0.25) is 0 Å². The van der Waals surface area contributed by atoms with Gasteiger partial charge in [0.15, 0.2) is 0 Å². The van der Waals surface area contributed by atoms with Crippen molar-refractivity contribution in [1.82, 2.24) is 0 Å². The van der Waals surface area contributed by atoms with Crippen molar-refractivity contribution >= 4 is 0 Å². The molecular weight excluding hydrogens is 154 g/mol. The Kier molecular flexibility index (Phi) is 2.47. The van der Waals surface area contributed by atoms with E-state index < -0.39 is 5.60 Å². The van der Waals surface area contributed by atoms with Gasteiger partial charge in [0.2, 0.25) is 0 Å². The zero-order chi connectivity index (χ0) is 9.41. The van der Waals surface area contributed by atoms with Gasteiger partial charge in [-0.1, -0.05) is 20.8 Å². The van der Waals surface area contributed by atoms with E-state index in [1.807, 2.05) is 20.8 Å². The van der Waals surface area contributed by atoms with Gasteiger partial charge in [-0.25, -0.2) is 0 Å². The van der Waals surface area contributed by atoms with Gasteiger partial charge in [0.05, 0.1) is 18.8 Å². The summed E-state index contributed by atoms with van der Waals surface area (Å²) in [4.78, 5) is 0. The van der Waals surface area contributed by atoms with Crippen molar-refractivity contribution in [3.05, 3.63) is 0 Å². The van der Waals surface area contributed by atoms with Crippen LogP contribution in [0.5, 0.6) is 0 Å². The smallest absolute Gasteiger partial charge is 0.0989 e. The molecule has 12 heavy (non-hydrogen) atoms. The molecule has 0 radical (unpaired) electrons. The number of aliphatic hydroxyl groups is 1. The predicted molar refractivity (Wildman–Crippen MR) is 47.8 cm³/mol. The lowest BCUT2D eigenvalue weighted by Crippen LogP contribution is -2.51. The highest BCUT2D eigenvalue weighted by Gasteiger charge is 2.51. The van der Waals surface area contributed by atoms with E-state index in [4.69, 9.17) is 10.5 Å². The predicted octanol–water partition coefficient (Wildman–Crippen LogP) is 0.369. The van der Waals surface area contributed by atoms with Gasteiger partial charge in [-0.05, 0) is 12.5 Å². The summed E-state index contributed by atoms with van der Waals surface area (Å²) >= 11 is 0. The van der Waals surface area contributed by atoms with Crippen molar-refractivity contribution in [3.63, 3.8) is 0 Å². The molecule has 3 nitrogen and oxygen atoms in total. The highest BCUT2D eigenvalue weighted by atomic mass is 16.5. The van der Waals surface area contributed by atoms with Gasteiger partial charge >= 0.3 is 0 Å². The van der Waals surface area contributed by atoms with Crippen LogP contribution >= 0.6 is 0 Å². The summed E-state index contributed by atoms with van der Waals surface area (Å²) in [5, 5.41) is 10.3. The van der Waals surface area contributed by atoms with Gasteiger partial charge in [0.1, 0.15) is 0 Å². The first kappa shape index (κ1) is 9.96. The molecule has 0 aromatic heterocycles. The number of hydrogen-bond donors (Lipinski definition) is 2. The Bertz CT molecular complexity index is 170. The zero-order valence-electron chi connectivity index (χ0n) is 8.13. The molecule has 0 spiro atoms. The maximum Gasteiger partial charge on any atom is 0.0989 e. The lowest BCUT2D eigenvalue weighted by atomic mass is 9.71. The third-order valence-corrected chi connectivity index (χ3v) is 3.13. The van der Waals surface area contributed by atoms with Crippen LogP contribution in [0.15, 0.2) is 0 Å². The molecule has 0 amide bonds. The van der Waals surface area contributed by atoms with Gasteiger partial charge in [0.25, 0.3) is 0 Å². The molecule has 0 aromatic rings. The van der Waals surface area contributed by atoms with Crippen molar-refractivity contribution in [3.8, 4) is 0 Å². The molecule has 0 saturated carbocycles. The molecule has 1 rings (SSSR count). The molecule has 1 saturated heterocycles. The Labute approximate surface area is 73.9 Å². The van der Waals surface area contributed by atoms with Gasteiger partial charge < -0.3 is 15.6 Å². The van der Waals surface area contributed by atoms with Crippen LogP contribution in [0.1, 0.15) is 20.8 Å². The van der Waals surface area contributed by atoms with Crippen LogP contribution in [-0.4, -0.2) is 30.5 Å². The molecule has 2 atom stereocenters. The fraction of sp³-hybridized carbons (Fsp3) is 1.00. The highest BCUT2D eigenvalue weighted by molar-refractivity contribution is 5.00. The van der Waals surface area contributed by atoms with E-state index in [1.54, 1.807) is 0 Å². The topological polar surface area (TPSA) is 55.5 Å². The van der Waals surface area contributed by atoms with Gasteiger partial charge in [0, 0.05) is 5.41 Å². The second-order valence-corrected chi connectivity index (χ2v) is 4.44. The van der Waals surface area contributed by atoms with Crippen LogP contribution in [0, 0.1) is 11.3 Å². The molecule has 0 bridgehead atoms. The summed E-state index contributed by atoms with van der Waals surface area (Å²) in [5.74, 6) is 0.0926. The molecule has 1 heterocycles. The molecule has 72 valence electrons. The normalized spacial score (nSPS) is 36.8. The van der Waals surface area contributed by atoms with Crippen LogP contribution in [0.4, 0.5) is 0 Å². The van der Waals surface area contributed by atoms with Crippen LogP contribution in [-0.2, 0) is 4.74 Å². The van der Waals surface area contributed by atoms with E-state index in [-0.39, 0.29) is 11.3 Å². The van der Waals surface area contributed by atoms with Crippen molar-refractivity contribution in [2.75, 3.05) is 19.8 Å². The summed E-state index contributed by atoms with van der Waals surface area (Å²) < 4.78 is 5.29. The quantitative estimate of drug-likeness (QED) is 0.634. The summed E-state index contributed by atoms with van der Waals surface area (Å²) in [6.07, 6.45) is 0. The first-order chi connectivity index (χ1) is 5.44. The Morgan fingerprint density at radius 1 is 1.50 bits per heavy atom. The van der Waals surface area contributed by atoms with Crippen molar-refractivity contribution in [2.45, 2.75) is 26.4 Å². The van der Waals surface area contributed by atoms with Crippen LogP contribution < -0.4 is 5.73 Å². The summed E-state index contributed by atoms with van der Waals surface area (Å²) in [7, 11) is 0. The average molecular weight is 173 g/mol. The van der Waals surface area contributed by atoms with E-state index >= 15 is 0 Å². The summed E-state index contributed by atoms with van der Waals surface area (Å²) in [5.41, 5.74) is 4.62. The van der Waals surface area contributed by atoms with E-state index in [0.29, 0.717) is 19.8 Å². The molecule has 1 aliphatic heterocycles. The maximum atomic E-state index is 10.3. The maximum absolute atomic E-state index is 10.3. The highest BCUT2D eigenvalue weighted by Crippen LogP contribution is 2.41. The summed E-state index contributed by atoms with van der Waals surface area (Å²) in [6.45, 7) is 7.55. The number of hydrogen-bond acceptors (Lipinski definition) is 3. The number of rotatable bonds is 2. The number of ether oxygens (including phenoxy) is 1. The van der Waals surface area contributed by atoms with Crippen molar-refractivity contribution in [1.29, 1.82) is 0 Å². The first-order valence-corrected chi connectivity index (χ1v) is 4.44. The van der Waals surface area contributed by atoms with Gasteiger partial charge in [-0.2, -0.15) is 0 Å². The van der Waals surface area contributed by atoms with E-state index in [0.717, 1.165) is 0 Å². The molecule has 0 aromatic carbocycles. The monoisotopic (exact) mass is 173 g/mol. The number of nitrogens with two attached hydrogens (primary N) is 1. The Balaban J connectivity index is 2.82. The van der Waals surface area contributed by atoms with E-state index in [9.17, 15) is 5.11 Å². The molecule has 3 N–H and O–H groups in total. The standard InChI is InChI=1S/C9H19NO2/c1-7(4-10)9(11)6-12-5-8(9,2)3/h7,11H,4-6,10H2,1-3H3. The Morgan fingerprint density at radius 2 is 2.08 bits per heavy atom. The summed E-state index contributed by atoms with van der Waals surface area (Å²) in [6, 6.07) is 0. The Hall–Kier alpha value is -0.120. The van der Waals surface area contributed by atoms with E-state index in [1.165, 1.54) is 0 Å². The minimum Gasteiger partial charge on any atom is -0.386 e. The minimum atomic E-state index is -0.748. The molecule has 0 aliphatic carbocycles. The largest absolute Gasteiger partial charge is 0.386 e. The third kappa shape index (κ3) is 1.26. The Morgan fingerprint density at radius 3 is 2.42 bits per heavy atom. The molecular formula is C9H19NO2. The molecule has 2 unspecified atom stereocenters. The molecule has 3 heteroatoms. The molecule has 1 fully saturated rings. The fourth-order valence-electron chi connectivity index (χ4n) is 1.79. The van der Waals surface area contributed by atoms with Crippen LogP contribution in [0.2, 0.25) is 0 Å². The van der Waals surface area contributed by atoms with Gasteiger partial charge in [-0.15, -0.1) is 0 Å². The fourth-order valence-corrected chi connectivity index (χ4v) is 1.79. The SMILES string of the molecule is CC(CN)C1(O)COCC1(C)C. The lowest BCUT2D eigenvalue weighted by Gasteiger charge is -2.39. The third-order valence-electron chi connectivity index (χ3n) is 3.13. The van der Waals surface area contributed by atoms with E-state index in [2.05, 4.69) is 0 Å². The van der Waals surface area contributed by atoms with Crippen LogP contribution in [0.25, 0.3) is 0 Å². The lowest BCUT2D eigenvalue weighted by molar-refractivity contribution is -0.0735. The van der Waals surface area contributed by atoms with Crippen LogP contribution in [0.3, 0.4) is 0 Å². The van der Waals surface area contributed by atoms with Crippen molar-refractivity contribution in [2.24, 2.45) is 17.1 Å². The van der Waals surface area contributed by atoms with Crippen molar-refractivity contribution < 1.29 is 9.84 Å². The first-order valence-electron chi connectivity index (χ1n) is 4.44. The second-order valence-electron chi connectivity index (χ2n) is 4.44. The minimum absolute atomic E-state index is 0.0926. The second kappa shape index (κ2) is 2.98. The zero-order valence-corrected chi connectivity index (χ0v) is 8.13. The average Bonchev–Trinajstić information content (AvgIpc) is 2.26. The molecule has 1 aliphatic rings.